The summed E-state index contributed by atoms with van der Waals surface area (Å²) in [6, 6.07) is 5.06. The van der Waals surface area contributed by atoms with Crippen molar-refractivity contribution in [3.63, 3.8) is 0 Å². The Morgan fingerprint density at radius 3 is 2.36 bits per heavy atom. The van der Waals surface area contributed by atoms with Crippen molar-refractivity contribution in [3.05, 3.63) is 23.8 Å². The minimum absolute atomic E-state index is 0.0114. The van der Waals surface area contributed by atoms with Crippen LogP contribution in [0.5, 0.6) is 11.5 Å². The van der Waals surface area contributed by atoms with Crippen LogP contribution in [0.25, 0.3) is 0 Å². The number of benzene rings is 1. The molecule has 5 nitrogen and oxygen atoms in total. The molecule has 5 aliphatic rings. The molecule has 4 bridgehead atoms. The third-order valence-corrected chi connectivity index (χ3v) is 6.54. The topological polar surface area (TPSA) is 61.8 Å². The van der Waals surface area contributed by atoms with Gasteiger partial charge in [-0.15, -0.1) is 0 Å². The van der Waals surface area contributed by atoms with Crippen LogP contribution in [-0.2, 0) is 9.53 Å². The number of carbonyl (C=O) groups excluding carboxylic acids is 2. The Bertz CT molecular complexity index is 697. The molecule has 1 aromatic carbocycles. The molecular formula is C20H22O5. The summed E-state index contributed by atoms with van der Waals surface area (Å²) in [5.74, 6) is 3.45. The Hall–Kier alpha value is -2.04. The first-order chi connectivity index (χ1) is 12.2. The van der Waals surface area contributed by atoms with E-state index in [9.17, 15) is 9.59 Å². The lowest BCUT2D eigenvalue weighted by molar-refractivity contribution is -0.161. The molecule has 1 aromatic rings. The molecule has 4 saturated carbocycles. The molecule has 25 heavy (non-hydrogen) atoms. The van der Waals surface area contributed by atoms with Gasteiger partial charge < -0.3 is 14.2 Å². The van der Waals surface area contributed by atoms with Crippen LogP contribution in [0.4, 0.5) is 0 Å². The van der Waals surface area contributed by atoms with Crippen molar-refractivity contribution < 1.29 is 23.8 Å². The summed E-state index contributed by atoms with van der Waals surface area (Å²) in [6.45, 7) is -0.0182. The Morgan fingerprint density at radius 2 is 1.64 bits per heavy atom. The van der Waals surface area contributed by atoms with E-state index in [0.29, 0.717) is 28.9 Å². The summed E-state index contributed by atoms with van der Waals surface area (Å²) < 4.78 is 16.0. The van der Waals surface area contributed by atoms with Crippen LogP contribution in [0.15, 0.2) is 18.2 Å². The SMILES string of the molecule is O=C(COC(=O)C1C2CC3CC(C2)CC1C3)c1ccc2c(c1)OCO2. The second-order valence-electron chi connectivity index (χ2n) is 8.06. The molecule has 0 unspecified atom stereocenters. The molecule has 0 amide bonds. The highest BCUT2D eigenvalue weighted by Gasteiger charge is 2.51. The van der Waals surface area contributed by atoms with Gasteiger partial charge in [-0.25, -0.2) is 0 Å². The lowest BCUT2D eigenvalue weighted by Gasteiger charge is -2.53. The number of Topliss-reactive ketones (excluding diaryl/α,β-unsaturated/α-hetero) is 1. The molecular weight excluding hydrogens is 320 g/mol. The normalized spacial score (nSPS) is 34.2. The van der Waals surface area contributed by atoms with E-state index in [1.165, 1.54) is 32.1 Å². The lowest BCUT2D eigenvalue weighted by atomic mass is 9.52. The average Bonchev–Trinajstić information content (AvgIpc) is 3.06. The Kier molecular flexibility index (Phi) is 3.50. The van der Waals surface area contributed by atoms with Crippen molar-refractivity contribution in [3.8, 4) is 11.5 Å². The summed E-state index contributed by atoms with van der Waals surface area (Å²) in [4.78, 5) is 25.0. The summed E-state index contributed by atoms with van der Waals surface area (Å²) in [5.41, 5.74) is 0.488. The van der Waals surface area contributed by atoms with E-state index < -0.39 is 0 Å². The Labute approximate surface area is 146 Å². The van der Waals surface area contributed by atoms with E-state index in [-0.39, 0.29) is 31.1 Å². The predicted octanol–water partition coefficient (Wildman–Crippen LogP) is 3.21. The number of ketones is 1. The largest absolute Gasteiger partial charge is 0.457 e. The van der Waals surface area contributed by atoms with Crippen LogP contribution < -0.4 is 9.47 Å². The van der Waals surface area contributed by atoms with Gasteiger partial charge in [-0.3, -0.25) is 9.59 Å². The van der Waals surface area contributed by atoms with Crippen LogP contribution in [0.1, 0.15) is 42.5 Å². The average molecular weight is 342 g/mol. The van der Waals surface area contributed by atoms with E-state index in [1.807, 2.05) is 0 Å². The number of rotatable bonds is 4. The number of hydrogen-bond donors (Lipinski definition) is 0. The van der Waals surface area contributed by atoms with Gasteiger partial charge >= 0.3 is 5.97 Å². The molecule has 0 aromatic heterocycles. The monoisotopic (exact) mass is 342 g/mol. The minimum Gasteiger partial charge on any atom is -0.457 e. The van der Waals surface area contributed by atoms with Crippen molar-refractivity contribution in [2.24, 2.45) is 29.6 Å². The maximum absolute atomic E-state index is 12.6. The van der Waals surface area contributed by atoms with Crippen LogP contribution in [0, 0.1) is 29.6 Å². The molecule has 0 spiro atoms. The first-order valence-electron chi connectivity index (χ1n) is 9.27. The number of esters is 1. The Balaban J connectivity index is 1.22. The highest BCUT2D eigenvalue weighted by Crippen LogP contribution is 2.56. The second-order valence-corrected chi connectivity index (χ2v) is 8.06. The van der Waals surface area contributed by atoms with Crippen molar-refractivity contribution in [1.82, 2.24) is 0 Å². The summed E-state index contributed by atoms with van der Waals surface area (Å²) >= 11 is 0. The van der Waals surface area contributed by atoms with E-state index >= 15 is 0 Å². The van der Waals surface area contributed by atoms with Gasteiger partial charge in [0.25, 0.3) is 0 Å². The third-order valence-electron chi connectivity index (χ3n) is 6.54. The zero-order valence-corrected chi connectivity index (χ0v) is 14.1. The smallest absolute Gasteiger partial charge is 0.309 e. The fourth-order valence-corrected chi connectivity index (χ4v) is 5.70. The zero-order valence-electron chi connectivity index (χ0n) is 14.1. The zero-order chi connectivity index (χ0) is 17.0. The van der Waals surface area contributed by atoms with Gasteiger partial charge in [0.2, 0.25) is 6.79 Å². The number of hydrogen-bond acceptors (Lipinski definition) is 5. The lowest BCUT2D eigenvalue weighted by Crippen LogP contribution is -2.48. The molecule has 132 valence electrons. The molecule has 5 heteroatoms. The van der Waals surface area contributed by atoms with Crippen molar-refractivity contribution in [2.45, 2.75) is 32.1 Å². The second kappa shape index (κ2) is 5.75. The summed E-state index contributed by atoms with van der Waals surface area (Å²) in [7, 11) is 0. The molecule has 1 aliphatic heterocycles. The van der Waals surface area contributed by atoms with E-state index in [4.69, 9.17) is 14.2 Å². The fourth-order valence-electron chi connectivity index (χ4n) is 5.70. The molecule has 4 fully saturated rings. The van der Waals surface area contributed by atoms with Gasteiger partial charge in [-0.1, -0.05) is 0 Å². The van der Waals surface area contributed by atoms with E-state index in [2.05, 4.69) is 0 Å². The van der Waals surface area contributed by atoms with Gasteiger partial charge in [0, 0.05) is 5.56 Å². The van der Waals surface area contributed by atoms with Crippen molar-refractivity contribution in [2.75, 3.05) is 13.4 Å². The molecule has 0 atom stereocenters. The summed E-state index contributed by atoms with van der Waals surface area (Å²) in [5, 5.41) is 0. The van der Waals surface area contributed by atoms with Gasteiger partial charge in [0.1, 0.15) is 0 Å². The van der Waals surface area contributed by atoms with E-state index in [0.717, 1.165) is 11.8 Å². The van der Waals surface area contributed by atoms with Crippen LogP contribution in [0.3, 0.4) is 0 Å². The van der Waals surface area contributed by atoms with Crippen LogP contribution in [-0.4, -0.2) is 25.2 Å². The maximum Gasteiger partial charge on any atom is 0.309 e. The van der Waals surface area contributed by atoms with Crippen molar-refractivity contribution >= 4 is 11.8 Å². The molecule has 0 N–H and O–H groups in total. The van der Waals surface area contributed by atoms with Crippen LogP contribution >= 0.6 is 0 Å². The first kappa shape index (κ1) is 15.2. The summed E-state index contributed by atoms with van der Waals surface area (Å²) in [6.07, 6.45) is 6.04. The predicted molar refractivity (Wildman–Crippen MR) is 88.4 cm³/mol. The maximum atomic E-state index is 12.6. The quantitative estimate of drug-likeness (QED) is 0.621. The first-order valence-corrected chi connectivity index (χ1v) is 9.27. The molecule has 4 aliphatic carbocycles. The van der Waals surface area contributed by atoms with E-state index in [1.54, 1.807) is 18.2 Å². The van der Waals surface area contributed by atoms with Crippen LogP contribution in [0.2, 0.25) is 0 Å². The van der Waals surface area contributed by atoms with Crippen molar-refractivity contribution in [1.29, 1.82) is 0 Å². The highest BCUT2D eigenvalue weighted by atomic mass is 16.7. The van der Waals surface area contributed by atoms with Gasteiger partial charge in [0.05, 0.1) is 5.92 Å². The van der Waals surface area contributed by atoms with Gasteiger partial charge in [0.15, 0.2) is 23.9 Å². The Morgan fingerprint density at radius 1 is 0.960 bits per heavy atom. The number of ether oxygens (including phenoxy) is 3. The molecule has 1 heterocycles. The standard InChI is InChI=1S/C20H22O5/c21-16(13-1-2-17-18(8-13)25-10-24-17)9-23-20(22)19-14-4-11-3-12(6-14)7-15(19)5-11/h1-2,8,11-12,14-15,19H,3-7,9-10H2. The fraction of sp³-hybridized carbons (Fsp3) is 0.600. The molecule has 0 radical (unpaired) electrons. The third kappa shape index (κ3) is 2.60. The number of fused-ring (bicyclic) bond motifs is 1. The van der Waals surface area contributed by atoms with Gasteiger partial charge in [-0.05, 0) is 74.0 Å². The van der Waals surface area contributed by atoms with Gasteiger partial charge in [-0.2, -0.15) is 0 Å². The molecule has 6 rings (SSSR count). The number of carbonyl (C=O) groups is 2. The minimum atomic E-state index is -0.199. The highest BCUT2D eigenvalue weighted by molar-refractivity contribution is 5.98. The molecule has 0 saturated heterocycles.